The quantitative estimate of drug-likeness (QED) is 0.433. The largest absolute Gasteiger partial charge is 0.467 e. The first kappa shape index (κ1) is 20.9. The van der Waals surface area contributed by atoms with Gasteiger partial charge in [0.15, 0.2) is 0 Å². The first-order chi connectivity index (χ1) is 16.2. The zero-order chi connectivity index (χ0) is 22.6. The fourth-order valence-corrected chi connectivity index (χ4v) is 4.03. The first-order valence-electron chi connectivity index (χ1n) is 10.7. The molecule has 0 radical (unpaired) electrons. The summed E-state index contributed by atoms with van der Waals surface area (Å²) in [5.74, 6) is 0.774. The molecule has 5 rings (SSSR count). The summed E-state index contributed by atoms with van der Waals surface area (Å²) in [5.41, 5.74) is 2.52. The van der Waals surface area contributed by atoms with Gasteiger partial charge in [-0.1, -0.05) is 42.5 Å². The monoisotopic (exact) mass is 443 g/mol. The van der Waals surface area contributed by atoms with E-state index in [0.717, 1.165) is 11.1 Å². The second kappa shape index (κ2) is 9.26. The minimum Gasteiger partial charge on any atom is -0.467 e. The molecule has 0 bridgehead atoms. The highest BCUT2D eigenvalue weighted by molar-refractivity contribution is 6.01. The zero-order valence-electron chi connectivity index (χ0n) is 17.7. The Balaban J connectivity index is 1.38. The molecule has 0 saturated heterocycles. The molecule has 0 saturated carbocycles. The second-order valence-corrected chi connectivity index (χ2v) is 7.77. The number of benzene rings is 2. The molecule has 1 amide bonds. The van der Waals surface area contributed by atoms with Crippen LogP contribution in [0.1, 0.15) is 41.2 Å². The van der Waals surface area contributed by atoms with Crippen molar-refractivity contribution in [2.75, 3.05) is 6.54 Å². The van der Waals surface area contributed by atoms with Gasteiger partial charge in [-0.05, 0) is 47.5 Å². The van der Waals surface area contributed by atoms with E-state index in [2.05, 4.69) is 10.4 Å². The lowest BCUT2D eigenvalue weighted by Crippen LogP contribution is -2.37. The van der Waals surface area contributed by atoms with Crippen molar-refractivity contribution in [3.05, 3.63) is 120 Å². The van der Waals surface area contributed by atoms with Gasteiger partial charge in [0.05, 0.1) is 25.1 Å². The van der Waals surface area contributed by atoms with Crippen molar-refractivity contribution in [3.63, 3.8) is 0 Å². The molecule has 0 spiro atoms. The maximum atomic E-state index is 13.5. The summed E-state index contributed by atoms with van der Waals surface area (Å²) in [5, 5.41) is 9.34. The Morgan fingerprint density at radius 2 is 1.70 bits per heavy atom. The molecule has 0 aliphatic carbocycles. The molecule has 6 nitrogen and oxygen atoms in total. The predicted octanol–water partition coefficient (Wildman–Crippen LogP) is 5.07. The van der Waals surface area contributed by atoms with Crippen LogP contribution in [0.3, 0.4) is 0 Å². The number of nitrogens with zero attached hydrogens (tertiary/aromatic N) is 2. The van der Waals surface area contributed by atoms with E-state index in [4.69, 9.17) is 8.83 Å². The van der Waals surface area contributed by atoms with Crippen molar-refractivity contribution in [1.82, 2.24) is 10.3 Å². The molecule has 3 heterocycles. The number of nitrogens with one attached hydrogen (secondary N) is 1. The second-order valence-electron chi connectivity index (χ2n) is 7.77. The van der Waals surface area contributed by atoms with Crippen LogP contribution in [0, 0.1) is 5.82 Å². The average molecular weight is 443 g/mol. The van der Waals surface area contributed by atoms with Crippen LogP contribution in [0.5, 0.6) is 0 Å². The number of hydrogen-bond donors (Lipinski definition) is 1. The number of halogens is 1. The Kier molecular flexibility index (Phi) is 5.87. The van der Waals surface area contributed by atoms with E-state index < -0.39 is 0 Å². The third-order valence-corrected chi connectivity index (χ3v) is 5.64. The van der Waals surface area contributed by atoms with Crippen LogP contribution in [0.15, 0.2) is 105 Å². The minimum absolute atomic E-state index is 0.0308. The Hall–Kier alpha value is -3.97. The van der Waals surface area contributed by atoms with E-state index >= 15 is 0 Å². The number of carbonyl (C=O) groups excluding carboxylic acids is 1. The van der Waals surface area contributed by atoms with Gasteiger partial charge in [-0.15, -0.1) is 0 Å². The molecule has 1 aliphatic rings. The number of rotatable bonds is 7. The van der Waals surface area contributed by atoms with Crippen LogP contribution in [0.4, 0.5) is 4.39 Å². The number of amides is 1. The van der Waals surface area contributed by atoms with E-state index in [1.165, 1.54) is 17.1 Å². The summed E-state index contributed by atoms with van der Waals surface area (Å²) in [6.07, 6.45) is 3.66. The van der Waals surface area contributed by atoms with Crippen LogP contribution in [0.2, 0.25) is 0 Å². The molecule has 2 aromatic heterocycles. The lowest BCUT2D eigenvalue weighted by molar-refractivity contribution is -0.132. The molecule has 0 fully saturated rings. The fourth-order valence-electron chi connectivity index (χ4n) is 4.03. The standard InChI is InChI=1S/C26H22FN3O3/c27-20-12-10-19(11-13-20)26(18-6-2-1-3-7-18)28-17-25(31)30-22(24-9-5-15-33-24)16-21(29-30)23-8-4-14-32-23/h1-15,22,26,28H,16-17H2. The summed E-state index contributed by atoms with van der Waals surface area (Å²) in [6, 6.07) is 22.6. The highest BCUT2D eigenvalue weighted by atomic mass is 19.1. The van der Waals surface area contributed by atoms with Crippen molar-refractivity contribution < 1.29 is 18.0 Å². The van der Waals surface area contributed by atoms with Crippen LogP contribution in [-0.2, 0) is 4.79 Å². The van der Waals surface area contributed by atoms with E-state index in [0.29, 0.717) is 23.7 Å². The number of hydrogen-bond acceptors (Lipinski definition) is 5. The molecule has 166 valence electrons. The summed E-state index contributed by atoms with van der Waals surface area (Å²) in [7, 11) is 0. The molecule has 1 aliphatic heterocycles. The molecular weight excluding hydrogens is 421 g/mol. The van der Waals surface area contributed by atoms with Crippen LogP contribution < -0.4 is 5.32 Å². The molecule has 2 unspecified atom stereocenters. The summed E-state index contributed by atoms with van der Waals surface area (Å²) < 4.78 is 24.6. The summed E-state index contributed by atoms with van der Waals surface area (Å²) in [6.45, 7) is 0.0308. The third kappa shape index (κ3) is 4.49. The van der Waals surface area contributed by atoms with Crippen LogP contribution in [0.25, 0.3) is 0 Å². The van der Waals surface area contributed by atoms with E-state index in [9.17, 15) is 9.18 Å². The molecule has 7 heteroatoms. The molecule has 4 aromatic rings. The molecule has 2 atom stereocenters. The topological polar surface area (TPSA) is 71.0 Å². The first-order valence-corrected chi connectivity index (χ1v) is 10.7. The van der Waals surface area contributed by atoms with Gasteiger partial charge in [-0.2, -0.15) is 5.10 Å². The van der Waals surface area contributed by atoms with Crippen molar-refractivity contribution in [3.8, 4) is 0 Å². The van der Waals surface area contributed by atoms with Crippen molar-refractivity contribution in [2.45, 2.75) is 18.5 Å². The van der Waals surface area contributed by atoms with Gasteiger partial charge in [0.2, 0.25) is 0 Å². The van der Waals surface area contributed by atoms with Gasteiger partial charge in [0.25, 0.3) is 5.91 Å². The normalized spacial score (nSPS) is 16.6. The maximum absolute atomic E-state index is 13.5. The van der Waals surface area contributed by atoms with Gasteiger partial charge in [-0.25, -0.2) is 9.40 Å². The Morgan fingerprint density at radius 1 is 0.970 bits per heavy atom. The van der Waals surface area contributed by atoms with Gasteiger partial charge in [0.1, 0.15) is 29.1 Å². The van der Waals surface area contributed by atoms with Gasteiger partial charge in [0, 0.05) is 6.42 Å². The molecule has 2 aromatic carbocycles. The third-order valence-electron chi connectivity index (χ3n) is 5.64. The predicted molar refractivity (Wildman–Crippen MR) is 121 cm³/mol. The van der Waals surface area contributed by atoms with E-state index in [-0.39, 0.29) is 30.4 Å². The Bertz CT molecular complexity index is 1220. The van der Waals surface area contributed by atoms with Crippen molar-refractivity contribution in [2.24, 2.45) is 5.10 Å². The highest BCUT2D eigenvalue weighted by Gasteiger charge is 2.35. The highest BCUT2D eigenvalue weighted by Crippen LogP contribution is 2.33. The van der Waals surface area contributed by atoms with Crippen LogP contribution >= 0.6 is 0 Å². The van der Waals surface area contributed by atoms with E-state index in [1.807, 2.05) is 42.5 Å². The fraction of sp³-hybridized carbons (Fsp3) is 0.154. The van der Waals surface area contributed by atoms with Crippen LogP contribution in [-0.4, -0.2) is 23.2 Å². The average Bonchev–Trinajstić information content (AvgIpc) is 3.62. The number of hydrazone groups is 1. The van der Waals surface area contributed by atoms with Gasteiger partial charge in [-0.3, -0.25) is 10.1 Å². The number of furan rings is 2. The molecule has 33 heavy (non-hydrogen) atoms. The zero-order valence-corrected chi connectivity index (χ0v) is 17.7. The summed E-state index contributed by atoms with van der Waals surface area (Å²) >= 11 is 0. The SMILES string of the molecule is O=C(CNC(c1ccccc1)c1ccc(F)cc1)N1N=C(c2ccco2)CC1c1ccco1. The Labute approximate surface area is 190 Å². The molecular formula is C26H22FN3O3. The van der Waals surface area contributed by atoms with Gasteiger partial charge >= 0.3 is 0 Å². The Morgan fingerprint density at radius 3 is 2.39 bits per heavy atom. The smallest absolute Gasteiger partial charge is 0.257 e. The maximum Gasteiger partial charge on any atom is 0.257 e. The number of carbonyl (C=O) groups is 1. The molecule has 1 N–H and O–H groups in total. The van der Waals surface area contributed by atoms with Crippen molar-refractivity contribution >= 4 is 11.6 Å². The van der Waals surface area contributed by atoms with Crippen molar-refractivity contribution in [1.29, 1.82) is 0 Å². The van der Waals surface area contributed by atoms with Gasteiger partial charge < -0.3 is 8.83 Å². The summed E-state index contributed by atoms with van der Waals surface area (Å²) in [4.78, 5) is 13.3. The lowest BCUT2D eigenvalue weighted by atomic mass is 9.98. The minimum atomic E-state index is -0.351. The van der Waals surface area contributed by atoms with E-state index in [1.54, 1.807) is 36.8 Å². The lowest BCUT2D eigenvalue weighted by Gasteiger charge is -2.23.